The van der Waals surface area contributed by atoms with Gasteiger partial charge in [0.15, 0.2) is 0 Å². The molecule has 0 bridgehead atoms. The van der Waals surface area contributed by atoms with Crippen LogP contribution >= 0.6 is 0 Å². The van der Waals surface area contributed by atoms with Crippen molar-refractivity contribution in [2.45, 2.75) is 25.9 Å². The van der Waals surface area contributed by atoms with E-state index in [1.807, 2.05) is 0 Å². The van der Waals surface area contributed by atoms with E-state index in [1.54, 1.807) is 0 Å². The second kappa shape index (κ2) is 3.89. The molecular formula is C13H18N2O. The highest BCUT2D eigenvalue weighted by Crippen LogP contribution is 2.34. The Morgan fingerprint density at radius 1 is 1.31 bits per heavy atom. The quantitative estimate of drug-likeness (QED) is 0.783. The van der Waals surface area contributed by atoms with Crippen LogP contribution < -0.4 is 15.0 Å². The van der Waals surface area contributed by atoms with E-state index in [9.17, 15) is 0 Å². The monoisotopic (exact) mass is 218 g/mol. The third kappa shape index (κ3) is 1.70. The maximum atomic E-state index is 5.84. The van der Waals surface area contributed by atoms with Crippen molar-refractivity contribution < 1.29 is 4.74 Å². The van der Waals surface area contributed by atoms with Gasteiger partial charge in [0.25, 0.3) is 0 Å². The molecule has 3 nitrogen and oxygen atoms in total. The Labute approximate surface area is 96.4 Å². The van der Waals surface area contributed by atoms with Crippen molar-refractivity contribution in [3.63, 3.8) is 0 Å². The molecule has 1 fully saturated rings. The van der Waals surface area contributed by atoms with Crippen molar-refractivity contribution in [1.82, 2.24) is 0 Å². The van der Waals surface area contributed by atoms with Gasteiger partial charge in [-0.25, -0.2) is 0 Å². The molecule has 1 aromatic carbocycles. The van der Waals surface area contributed by atoms with E-state index in [-0.39, 0.29) is 6.10 Å². The summed E-state index contributed by atoms with van der Waals surface area (Å²) in [6.07, 6.45) is 2.89. The van der Waals surface area contributed by atoms with Crippen molar-refractivity contribution in [2.75, 3.05) is 29.9 Å². The molecule has 0 saturated carbocycles. The Morgan fingerprint density at radius 2 is 2.12 bits per heavy atom. The van der Waals surface area contributed by atoms with Gasteiger partial charge in [0.05, 0.1) is 12.2 Å². The molecule has 0 spiro atoms. The molecule has 86 valence electrons. The zero-order valence-electron chi connectivity index (χ0n) is 9.70. The Hall–Kier alpha value is -1.38. The normalized spacial score (nSPS) is 23.6. The number of ether oxygens (including phenoxy) is 1. The average Bonchev–Trinajstić information content (AvgIpc) is 2.81. The molecule has 2 aliphatic heterocycles. The van der Waals surface area contributed by atoms with E-state index < -0.39 is 0 Å². The van der Waals surface area contributed by atoms with E-state index in [0.717, 1.165) is 18.0 Å². The second-order valence-electron chi connectivity index (χ2n) is 4.68. The molecule has 1 unspecified atom stereocenters. The van der Waals surface area contributed by atoms with Gasteiger partial charge in [-0.05, 0) is 31.9 Å². The summed E-state index contributed by atoms with van der Waals surface area (Å²) in [5, 5.41) is 3.39. The van der Waals surface area contributed by atoms with Crippen LogP contribution in [-0.2, 0) is 0 Å². The first-order chi connectivity index (χ1) is 7.83. The predicted octanol–water partition coefficient (Wildman–Crippen LogP) is 2.48. The summed E-state index contributed by atoms with van der Waals surface area (Å²) in [5.74, 6) is 1.00. The topological polar surface area (TPSA) is 24.5 Å². The first-order valence-corrected chi connectivity index (χ1v) is 6.12. The summed E-state index contributed by atoms with van der Waals surface area (Å²) >= 11 is 0. The highest BCUT2D eigenvalue weighted by atomic mass is 16.5. The highest BCUT2D eigenvalue weighted by molar-refractivity contribution is 5.65. The van der Waals surface area contributed by atoms with E-state index in [2.05, 4.69) is 35.3 Å². The molecular weight excluding hydrogens is 200 g/mol. The van der Waals surface area contributed by atoms with Crippen LogP contribution in [0, 0.1) is 0 Å². The van der Waals surface area contributed by atoms with E-state index in [4.69, 9.17) is 4.74 Å². The summed E-state index contributed by atoms with van der Waals surface area (Å²) in [5.41, 5.74) is 2.42. The maximum Gasteiger partial charge on any atom is 0.144 e. The third-order valence-electron chi connectivity index (χ3n) is 3.34. The zero-order valence-corrected chi connectivity index (χ0v) is 9.70. The lowest BCUT2D eigenvalue weighted by Gasteiger charge is -2.27. The van der Waals surface area contributed by atoms with Crippen molar-refractivity contribution >= 4 is 11.4 Å². The molecule has 1 saturated heterocycles. The average molecular weight is 218 g/mol. The second-order valence-corrected chi connectivity index (χ2v) is 4.68. The van der Waals surface area contributed by atoms with E-state index in [0.29, 0.717) is 0 Å². The van der Waals surface area contributed by atoms with Gasteiger partial charge in [0.2, 0.25) is 0 Å². The van der Waals surface area contributed by atoms with Gasteiger partial charge in [0.1, 0.15) is 11.9 Å². The molecule has 16 heavy (non-hydrogen) atoms. The van der Waals surface area contributed by atoms with Crippen LogP contribution in [0.1, 0.15) is 19.8 Å². The lowest BCUT2D eigenvalue weighted by atomic mass is 10.2. The van der Waals surface area contributed by atoms with Gasteiger partial charge < -0.3 is 15.0 Å². The molecule has 1 atom stereocenters. The van der Waals surface area contributed by atoms with Crippen LogP contribution in [0.4, 0.5) is 11.4 Å². The predicted molar refractivity (Wildman–Crippen MR) is 66.5 cm³/mol. The lowest BCUT2D eigenvalue weighted by Crippen LogP contribution is -2.28. The molecule has 3 rings (SSSR count). The summed E-state index contributed by atoms with van der Waals surface area (Å²) in [6.45, 7) is 5.36. The maximum absolute atomic E-state index is 5.84. The Bertz CT molecular complexity index is 386. The van der Waals surface area contributed by atoms with Gasteiger partial charge in [-0.2, -0.15) is 0 Å². The molecule has 3 heteroatoms. The molecule has 1 aromatic rings. The number of benzene rings is 1. The summed E-state index contributed by atoms with van der Waals surface area (Å²) < 4.78 is 5.84. The van der Waals surface area contributed by atoms with Crippen molar-refractivity contribution in [3.8, 4) is 5.75 Å². The van der Waals surface area contributed by atoms with E-state index >= 15 is 0 Å². The number of rotatable bonds is 1. The van der Waals surface area contributed by atoms with Crippen LogP contribution in [0.25, 0.3) is 0 Å². The fraction of sp³-hybridized carbons (Fsp3) is 0.538. The molecule has 2 heterocycles. The van der Waals surface area contributed by atoms with Crippen LogP contribution in [0.2, 0.25) is 0 Å². The van der Waals surface area contributed by atoms with Gasteiger partial charge in [-0.1, -0.05) is 0 Å². The zero-order chi connectivity index (χ0) is 11.0. The Morgan fingerprint density at radius 3 is 2.94 bits per heavy atom. The minimum atomic E-state index is 0.265. The van der Waals surface area contributed by atoms with Crippen LogP contribution in [-0.4, -0.2) is 25.7 Å². The number of anilines is 2. The van der Waals surface area contributed by atoms with Gasteiger partial charge in [0, 0.05) is 24.8 Å². The number of fused-ring (bicyclic) bond motifs is 1. The molecule has 0 aliphatic carbocycles. The fourth-order valence-electron chi connectivity index (χ4n) is 2.44. The molecule has 0 radical (unpaired) electrons. The standard InChI is InChI=1S/C13H18N2O/c1-10-9-14-12-5-4-11(8-13(12)16-10)15-6-2-3-7-15/h4-5,8,10,14H,2-3,6-7,9H2,1H3. The molecule has 0 aromatic heterocycles. The van der Waals surface area contributed by atoms with Crippen molar-refractivity contribution in [2.24, 2.45) is 0 Å². The van der Waals surface area contributed by atoms with Crippen molar-refractivity contribution in [1.29, 1.82) is 0 Å². The SMILES string of the molecule is CC1CNc2ccc(N3CCCC3)cc2O1. The molecule has 1 N–H and O–H groups in total. The third-order valence-corrected chi connectivity index (χ3v) is 3.34. The van der Waals surface area contributed by atoms with Crippen LogP contribution in [0.15, 0.2) is 18.2 Å². The van der Waals surface area contributed by atoms with Crippen LogP contribution in [0.5, 0.6) is 5.75 Å². The first kappa shape index (κ1) is 9.82. The van der Waals surface area contributed by atoms with Crippen LogP contribution in [0.3, 0.4) is 0 Å². The summed E-state index contributed by atoms with van der Waals surface area (Å²) in [7, 11) is 0. The number of nitrogens with one attached hydrogen (secondary N) is 1. The highest BCUT2D eigenvalue weighted by Gasteiger charge is 2.18. The van der Waals surface area contributed by atoms with E-state index in [1.165, 1.54) is 31.6 Å². The Balaban J connectivity index is 1.88. The largest absolute Gasteiger partial charge is 0.487 e. The number of hydrogen-bond acceptors (Lipinski definition) is 3. The molecule has 0 amide bonds. The molecule has 2 aliphatic rings. The van der Waals surface area contributed by atoms with Gasteiger partial charge >= 0.3 is 0 Å². The Kier molecular flexibility index (Phi) is 2.39. The lowest BCUT2D eigenvalue weighted by molar-refractivity contribution is 0.226. The summed E-state index contributed by atoms with van der Waals surface area (Å²) in [6, 6.07) is 6.49. The van der Waals surface area contributed by atoms with Gasteiger partial charge in [-0.15, -0.1) is 0 Å². The smallest absolute Gasteiger partial charge is 0.144 e. The van der Waals surface area contributed by atoms with Crippen molar-refractivity contribution in [3.05, 3.63) is 18.2 Å². The minimum Gasteiger partial charge on any atom is -0.487 e. The fourth-order valence-corrected chi connectivity index (χ4v) is 2.44. The number of hydrogen-bond donors (Lipinski definition) is 1. The summed E-state index contributed by atoms with van der Waals surface area (Å²) in [4.78, 5) is 2.43. The first-order valence-electron chi connectivity index (χ1n) is 6.12. The minimum absolute atomic E-state index is 0.265. The number of nitrogens with zero attached hydrogens (tertiary/aromatic N) is 1. The van der Waals surface area contributed by atoms with Gasteiger partial charge in [-0.3, -0.25) is 0 Å².